The van der Waals surface area contributed by atoms with Crippen molar-refractivity contribution >= 4 is 11.6 Å². The molecule has 0 heterocycles. The first kappa shape index (κ1) is 15.0. The zero-order valence-electron chi connectivity index (χ0n) is 11.8. The minimum atomic E-state index is -0.223. The second-order valence-electron chi connectivity index (χ2n) is 4.66. The van der Waals surface area contributed by atoms with E-state index in [1.165, 1.54) is 0 Å². The number of anilines is 1. The molecule has 19 heavy (non-hydrogen) atoms. The van der Waals surface area contributed by atoms with E-state index in [0.29, 0.717) is 19.4 Å². The summed E-state index contributed by atoms with van der Waals surface area (Å²) in [6, 6.07) is 10.2. The van der Waals surface area contributed by atoms with Gasteiger partial charge < -0.3 is 10.2 Å². The fourth-order valence-corrected chi connectivity index (χ4v) is 1.87. The van der Waals surface area contributed by atoms with E-state index in [-0.39, 0.29) is 11.8 Å². The van der Waals surface area contributed by atoms with Gasteiger partial charge in [-0.05, 0) is 31.0 Å². The summed E-state index contributed by atoms with van der Waals surface area (Å²) in [4.78, 5) is 13.4. The highest BCUT2D eigenvalue weighted by atomic mass is 16.1. The van der Waals surface area contributed by atoms with Crippen molar-refractivity contribution in [1.82, 2.24) is 5.32 Å². The minimum Gasteiger partial charge on any atom is -0.378 e. The number of benzene rings is 1. The standard InChI is InChI=1S/C15H21N3O/c1-4-17-15(19)10-7-13(11-16)12-5-8-14(9-6-12)18(2)3/h5-6,8-9,13H,4,7,10H2,1-3H3,(H,17,19). The number of carbonyl (C=O) groups is 1. The van der Waals surface area contributed by atoms with E-state index < -0.39 is 0 Å². The van der Waals surface area contributed by atoms with Gasteiger partial charge in [0.1, 0.15) is 0 Å². The van der Waals surface area contributed by atoms with Gasteiger partial charge in [-0.2, -0.15) is 5.26 Å². The molecule has 0 aromatic heterocycles. The van der Waals surface area contributed by atoms with E-state index in [9.17, 15) is 10.1 Å². The first-order chi connectivity index (χ1) is 9.08. The van der Waals surface area contributed by atoms with Crippen molar-refractivity contribution in [2.45, 2.75) is 25.7 Å². The van der Waals surface area contributed by atoms with E-state index in [1.807, 2.05) is 50.2 Å². The third-order valence-corrected chi connectivity index (χ3v) is 3.00. The lowest BCUT2D eigenvalue weighted by atomic mass is 9.95. The van der Waals surface area contributed by atoms with Gasteiger partial charge in [0.05, 0.1) is 12.0 Å². The molecule has 0 aliphatic heterocycles. The van der Waals surface area contributed by atoms with Crippen LogP contribution in [-0.4, -0.2) is 26.5 Å². The molecule has 0 bridgehead atoms. The number of hydrogen-bond donors (Lipinski definition) is 1. The third-order valence-electron chi connectivity index (χ3n) is 3.00. The molecule has 102 valence electrons. The molecule has 4 nitrogen and oxygen atoms in total. The molecular weight excluding hydrogens is 238 g/mol. The van der Waals surface area contributed by atoms with Gasteiger partial charge in [-0.3, -0.25) is 4.79 Å². The van der Waals surface area contributed by atoms with Crippen LogP contribution in [0.5, 0.6) is 0 Å². The Morgan fingerprint density at radius 1 is 1.37 bits per heavy atom. The summed E-state index contributed by atoms with van der Waals surface area (Å²) in [5.74, 6) is -0.216. The summed E-state index contributed by atoms with van der Waals surface area (Å²) in [5.41, 5.74) is 2.07. The maximum Gasteiger partial charge on any atom is 0.220 e. The molecule has 1 rings (SSSR count). The van der Waals surface area contributed by atoms with E-state index in [2.05, 4.69) is 11.4 Å². The summed E-state index contributed by atoms with van der Waals surface area (Å²) in [6.45, 7) is 2.52. The van der Waals surface area contributed by atoms with Crippen LogP contribution in [0.3, 0.4) is 0 Å². The molecule has 0 radical (unpaired) electrons. The highest BCUT2D eigenvalue weighted by Gasteiger charge is 2.12. The van der Waals surface area contributed by atoms with Gasteiger partial charge in [0.2, 0.25) is 5.91 Å². The van der Waals surface area contributed by atoms with E-state index >= 15 is 0 Å². The minimum absolute atomic E-state index is 0.00709. The lowest BCUT2D eigenvalue weighted by Gasteiger charge is -2.14. The summed E-state index contributed by atoms with van der Waals surface area (Å²) < 4.78 is 0. The van der Waals surface area contributed by atoms with Crippen LogP contribution in [0.4, 0.5) is 5.69 Å². The second kappa shape index (κ2) is 7.42. The monoisotopic (exact) mass is 259 g/mol. The van der Waals surface area contributed by atoms with E-state index in [0.717, 1.165) is 11.3 Å². The van der Waals surface area contributed by atoms with Crippen molar-refractivity contribution in [3.05, 3.63) is 29.8 Å². The summed E-state index contributed by atoms with van der Waals surface area (Å²) in [7, 11) is 3.96. The Balaban J connectivity index is 2.65. The topological polar surface area (TPSA) is 56.1 Å². The molecule has 1 aromatic carbocycles. The molecule has 0 spiro atoms. The number of nitriles is 1. The normalized spacial score (nSPS) is 11.5. The predicted octanol–water partition coefficient (Wildman–Crippen LogP) is 2.28. The van der Waals surface area contributed by atoms with Crippen LogP contribution in [0.2, 0.25) is 0 Å². The second-order valence-corrected chi connectivity index (χ2v) is 4.66. The fraction of sp³-hybridized carbons (Fsp3) is 0.467. The predicted molar refractivity (Wildman–Crippen MR) is 77.0 cm³/mol. The SMILES string of the molecule is CCNC(=O)CCC(C#N)c1ccc(N(C)C)cc1. The number of rotatable bonds is 6. The summed E-state index contributed by atoms with van der Waals surface area (Å²) in [6.07, 6.45) is 0.950. The van der Waals surface area contributed by atoms with Gasteiger partial charge >= 0.3 is 0 Å². The maximum atomic E-state index is 11.4. The molecule has 0 aliphatic rings. The zero-order valence-corrected chi connectivity index (χ0v) is 11.8. The molecule has 1 atom stereocenters. The number of nitrogens with one attached hydrogen (secondary N) is 1. The van der Waals surface area contributed by atoms with Gasteiger partial charge in [0.15, 0.2) is 0 Å². The molecule has 1 aromatic rings. The van der Waals surface area contributed by atoms with Crippen molar-refractivity contribution in [3.63, 3.8) is 0 Å². The van der Waals surface area contributed by atoms with Crippen LogP contribution in [0.15, 0.2) is 24.3 Å². The van der Waals surface area contributed by atoms with Gasteiger partial charge in [0, 0.05) is 32.7 Å². The first-order valence-electron chi connectivity index (χ1n) is 6.52. The number of nitrogens with zero attached hydrogens (tertiary/aromatic N) is 2. The Hall–Kier alpha value is -2.02. The molecule has 0 saturated carbocycles. The Labute approximate surface area is 115 Å². The molecule has 0 aliphatic carbocycles. The zero-order chi connectivity index (χ0) is 14.3. The highest BCUT2D eigenvalue weighted by Crippen LogP contribution is 2.23. The van der Waals surface area contributed by atoms with Crippen molar-refractivity contribution in [2.75, 3.05) is 25.5 Å². The Morgan fingerprint density at radius 3 is 2.47 bits per heavy atom. The molecule has 1 amide bonds. The van der Waals surface area contributed by atoms with Crippen molar-refractivity contribution < 1.29 is 4.79 Å². The van der Waals surface area contributed by atoms with Crippen LogP contribution in [0, 0.1) is 11.3 Å². The molecule has 0 fully saturated rings. The van der Waals surface area contributed by atoms with Gasteiger partial charge in [0.25, 0.3) is 0 Å². The number of hydrogen-bond acceptors (Lipinski definition) is 3. The van der Waals surface area contributed by atoms with E-state index in [1.54, 1.807) is 0 Å². The average molecular weight is 259 g/mol. The summed E-state index contributed by atoms with van der Waals surface area (Å²) >= 11 is 0. The number of carbonyl (C=O) groups excluding carboxylic acids is 1. The molecule has 0 saturated heterocycles. The van der Waals surface area contributed by atoms with Crippen LogP contribution >= 0.6 is 0 Å². The Morgan fingerprint density at radius 2 is 2.00 bits per heavy atom. The van der Waals surface area contributed by atoms with Crippen molar-refractivity contribution in [1.29, 1.82) is 5.26 Å². The smallest absolute Gasteiger partial charge is 0.220 e. The fourth-order valence-electron chi connectivity index (χ4n) is 1.87. The molecule has 1 N–H and O–H groups in total. The Bertz CT molecular complexity index is 445. The Kier molecular flexibility index (Phi) is 5.87. The highest BCUT2D eigenvalue weighted by molar-refractivity contribution is 5.75. The average Bonchev–Trinajstić information content (AvgIpc) is 2.40. The van der Waals surface area contributed by atoms with Crippen molar-refractivity contribution in [3.8, 4) is 6.07 Å². The largest absolute Gasteiger partial charge is 0.378 e. The lowest BCUT2D eigenvalue weighted by Crippen LogP contribution is -2.22. The van der Waals surface area contributed by atoms with Crippen LogP contribution < -0.4 is 10.2 Å². The van der Waals surface area contributed by atoms with E-state index in [4.69, 9.17) is 0 Å². The van der Waals surface area contributed by atoms with Crippen LogP contribution in [0.25, 0.3) is 0 Å². The van der Waals surface area contributed by atoms with Crippen LogP contribution in [0.1, 0.15) is 31.2 Å². The molecule has 1 unspecified atom stereocenters. The number of amides is 1. The molecule has 4 heteroatoms. The van der Waals surface area contributed by atoms with Crippen LogP contribution in [-0.2, 0) is 4.79 Å². The van der Waals surface area contributed by atoms with Gasteiger partial charge in [-0.25, -0.2) is 0 Å². The van der Waals surface area contributed by atoms with Gasteiger partial charge in [-0.15, -0.1) is 0 Å². The van der Waals surface area contributed by atoms with Crippen molar-refractivity contribution in [2.24, 2.45) is 0 Å². The third kappa shape index (κ3) is 4.63. The van der Waals surface area contributed by atoms with Gasteiger partial charge in [-0.1, -0.05) is 12.1 Å². The first-order valence-corrected chi connectivity index (χ1v) is 6.52. The summed E-state index contributed by atoms with van der Waals surface area (Å²) in [5, 5.41) is 12.0. The quantitative estimate of drug-likeness (QED) is 0.852. The maximum absolute atomic E-state index is 11.4. The molecular formula is C15H21N3O. The lowest BCUT2D eigenvalue weighted by molar-refractivity contribution is -0.121.